The summed E-state index contributed by atoms with van der Waals surface area (Å²) in [5.41, 5.74) is 10.8. The average molecular weight is 350 g/mol. The summed E-state index contributed by atoms with van der Waals surface area (Å²) in [6.45, 7) is 4.58. The molecule has 1 aliphatic heterocycles. The zero-order valence-electron chi connectivity index (χ0n) is 13.7. The monoisotopic (exact) mass is 349 g/mol. The van der Waals surface area contributed by atoms with Gasteiger partial charge < -0.3 is 27.0 Å². The number of likely N-dealkylation sites (tertiary alicyclic amines) is 1. The van der Waals surface area contributed by atoms with Crippen LogP contribution in [0, 0.1) is 5.92 Å². The number of piperidine rings is 1. The van der Waals surface area contributed by atoms with Crippen LogP contribution in [0.25, 0.3) is 0 Å². The molecule has 0 aromatic rings. The van der Waals surface area contributed by atoms with Crippen molar-refractivity contribution in [3.63, 3.8) is 0 Å². The lowest BCUT2D eigenvalue weighted by atomic mass is 10.0. The molecule has 6 N–H and O–H groups in total. The van der Waals surface area contributed by atoms with Gasteiger partial charge in [-0.3, -0.25) is 9.59 Å². The Bertz CT molecular complexity index is 419. The summed E-state index contributed by atoms with van der Waals surface area (Å²) in [4.78, 5) is 36.6. The summed E-state index contributed by atoms with van der Waals surface area (Å²) in [5, 5.41) is 5.11. The van der Waals surface area contributed by atoms with Gasteiger partial charge in [-0.1, -0.05) is 13.8 Å². The van der Waals surface area contributed by atoms with Gasteiger partial charge in [0.05, 0.1) is 12.6 Å². The molecule has 1 unspecified atom stereocenters. The van der Waals surface area contributed by atoms with Gasteiger partial charge in [0, 0.05) is 19.1 Å². The van der Waals surface area contributed by atoms with E-state index >= 15 is 0 Å². The molecule has 0 bridgehead atoms. The summed E-state index contributed by atoms with van der Waals surface area (Å²) < 4.78 is 0. The van der Waals surface area contributed by atoms with Crippen molar-refractivity contribution in [2.45, 2.75) is 45.2 Å². The highest BCUT2D eigenvalue weighted by molar-refractivity contribution is 5.87. The van der Waals surface area contributed by atoms with Crippen molar-refractivity contribution in [2.24, 2.45) is 17.4 Å². The predicted molar refractivity (Wildman–Crippen MR) is 90.0 cm³/mol. The number of nitrogens with one attached hydrogen (secondary N) is 2. The topological polar surface area (TPSA) is 131 Å². The molecule has 0 radical (unpaired) electrons. The van der Waals surface area contributed by atoms with E-state index < -0.39 is 12.1 Å². The van der Waals surface area contributed by atoms with Crippen LogP contribution < -0.4 is 22.1 Å². The van der Waals surface area contributed by atoms with Crippen LogP contribution in [0.1, 0.15) is 33.1 Å². The van der Waals surface area contributed by atoms with Crippen molar-refractivity contribution < 1.29 is 14.4 Å². The number of nitrogens with zero attached hydrogens (tertiary/aromatic N) is 1. The Morgan fingerprint density at radius 3 is 2.43 bits per heavy atom. The Morgan fingerprint density at radius 2 is 1.87 bits per heavy atom. The SMILES string of the molecule is CC(C)[C@H](N)C(=O)NCC(=O)N1CCCCC1CNC(N)=O.Cl. The minimum atomic E-state index is -0.624. The van der Waals surface area contributed by atoms with Crippen LogP contribution in [0.2, 0.25) is 0 Å². The Labute approximate surface area is 143 Å². The molecule has 1 aliphatic rings. The molecule has 9 heteroatoms. The zero-order valence-corrected chi connectivity index (χ0v) is 14.5. The van der Waals surface area contributed by atoms with Crippen LogP contribution in [0.4, 0.5) is 4.79 Å². The minimum Gasteiger partial charge on any atom is -0.352 e. The van der Waals surface area contributed by atoms with Crippen LogP contribution >= 0.6 is 12.4 Å². The molecule has 1 saturated heterocycles. The normalized spacial score (nSPS) is 18.8. The second-order valence-corrected chi connectivity index (χ2v) is 5.97. The highest BCUT2D eigenvalue weighted by atomic mass is 35.5. The summed E-state index contributed by atoms with van der Waals surface area (Å²) in [5.74, 6) is -0.481. The summed E-state index contributed by atoms with van der Waals surface area (Å²) in [6.07, 6.45) is 2.73. The van der Waals surface area contributed by atoms with Crippen molar-refractivity contribution in [1.29, 1.82) is 0 Å². The molecule has 4 amide bonds. The third-order valence-electron chi connectivity index (χ3n) is 3.89. The molecular formula is C14H28ClN5O3. The molecule has 0 aromatic heterocycles. The first-order valence-electron chi connectivity index (χ1n) is 7.69. The van der Waals surface area contributed by atoms with Gasteiger partial charge in [0.15, 0.2) is 0 Å². The largest absolute Gasteiger partial charge is 0.352 e. The zero-order chi connectivity index (χ0) is 16.7. The number of primary amides is 1. The molecule has 0 saturated carbocycles. The third kappa shape index (κ3) is 7.04. The number of nitrogens with two attached hydrogens (primary N) is 2. The van der Waals surface area contributed by atoms with Crippen LogP contribution in [-0.2, 0) is 9.59 Å². The number of rotatable bonds is 6. The maximum atomic E-state index is 12.3. The summed E-state index contributed by atoms with van der Waals surface area (Å²) in [7, 11) is 0. The molecule has 0 aliphatic carbocycles. The Balaban J connectivity index is 0.00000484. The average Bonchev–Trinajstić information content (AvgIpc) is 2.49. The van der Waals surface area contributed by atoms with Crippen LogP contribution in [0.5, 0.6) is 0 Å². The van der Waals surface area contributed by atoms with Gasteiger partial charge in [-0.15, -0.1) is 12.4 Å². The van der Waals surface area contributed by atoms with Crippen molar-refractivity contribution in [3.05, 3.63) is 0 Å². The lowest BCUT2D eigenvalue weighted by Gasteiger charge is -2.36. The Morgan fingerprint density at radius 1 is 1.22 bits per heavy atom. The van der Waals surface area contributed by atoms with Gasteiger partial charge in [-0.25, -0.2) is 4.79 Å². The number of amides is 4. The Kier molecular flexibility index (Phi) is 9.59. The van der Waals surface area contributed by atoms with Gasteiger partial charge in [0.25, 0.3) is 0 Å². The van der Waals surface area contributed by atoms with Gasteiger partial charge >= 0.3 is 6.03 Å². The first-order valence-corrected chi connectivity index (χ1v) is 7.69. The predicted octanol–water partition coefficient (Wildman–Crippen LogP) is -0.443. The third-order valence-corrected chi connectivity index (χ3v) is 3.89. The lowest BCUT2D eigenvalue weighted by Crippen LogP contribution is -2.54. The van der Waals surface area contributed by atoms with Crippen LogP contribution in [0.3, 0.4) is 0 Å². The van der Waals surface area contributed by atoms with Gasteiger partial charge in [-0.2, -0.15) is 0 Å². The molecule has 8 nitrogen and oxygen atoms in total. The van der Waals surface area contributed by atoms with Crippen molar-refractivity contribution in [3.8, 4) is 0 Å². The molecule has 23 heavy (non-hydrogen) atoms. The van der Waals surface area contributed by atoms with Crippen molar-refractivity contribution in [2.75, 3.05) is 19.6 Å². The van der Waals surface area contributed by atoms with E-state index in [2.05, 4.69) is 10.6 Å². The highest BCUT2D eigenvalue weighted by Crippen LogP contribution is 2.16. The van der Waals surface area contributed by atoms with E-state index in [0.29, 0.717) is 13.1 Å². The number of hydrogen-bond donors (Lipinski definition) is 4. The van der Waals surface area contributed by atoms with Crippen molar-refractivity contribution in [1.82, 2.24) is 15.5 Å². The van der Waals surface area contributed by atoms with E-state index in [4.69, 9.17) is 11.5 Å². The summed E-state index contributed by atoms with van der Waals surface area (Å²) in [6, 6.07) is -1.31. The molecule has 0 aromatic carbocycles. The fourth-order valence-electron chi connectivity index (χ4n) is 2.44. The molecule has 1 rings (SSSR count). The number of hydrogen-bond acceptors (Lipinski definition) is 4. The van der Waals surface area contributed by atoms with E-state index in [9.17, 15) is 14.4 Å². The van der Waals surface area contributed by atoms with Crippen LogP contribution in [0.15, 0.2) is 0 Å². The molecule has 134 valence electrons. The van der Waals surface area contributed by atoms with E-state index in [1.54, 1.807) is 4.90 Å². The van der Waals surface area contributed by atoms with Gasteiger partial charge in [0.1, 0.15) is 0 Å². The lowest BCUT2D eigenvalue weighted by molar-refractivity contribution is -0.136. The molecule has 0 spiro atoms. The minimum absolute atomic E-state index is 0. The second-order valence-electron chi connectivity index (χ2n) is 5.97. The smallest absolute Gasteiger partial charge is 0.312 e. The van der Waals surface area contributed by atoms with Crippen molar-refractivity contribution >= 4 is 30.3 Å². The highest BCUT2D eigenvalue weighted by Gasteiger charge is 2.27. The van der Waals surface area contributed by atoms with E-state index in [-0.39, 0.29) is 42.7 Å². The fourth-order valence-corrected chi connectivity index (χ4v) is 2.44. The number of carbonyl (C=O) groups excluding carboxylic acids is 3. The standard InChI is InChI=1S/C14H27N5O3.ClH/c1-9(2)12(15)13(21)17-8-11(20)19-6-4-3-5-10(19)7-18-14(16)22;/h9-10,12H,3-8,15H2,1-2H3,(H,17,21)(H3,16,18,22);1H/t10?,12-;/m0./s1. The van der Waals surface area contributed by atoms with Gasteiger partial charge in [-0.05, 0) is 25.2 Å². The fraction of sp³-hybridized carbons (Fsp3) is 0.786. The Hall–Kier alpha value is -1.54. The van der Waals surface area contributed by atoms with E-state index in [0.717, 1.165) is 19.3 Å². The first kappa shape index (κ1) is 21.5. The van der Waals surface area contributed by atoms with E-state index in [1.165, 1.54) is 0 Å². The van der Waals surface area contributed by atoms with E-state index in [1.807, 2.05) is 13.8 Å². The second kappa shape index (κ2) is 10.3. The number of halogens is 1. The molecule has 1 heterocycles. The number of urea groups is 1. The maximum Gasteiger partial charge on any atom is 0.312 e. The maximum absolute atomic E-state index is 12.3. The molecular weight excluding hydrogens is 322 g/mol. The van der Waals surface area contributed by atoms with Crippen LogP contribution in [-0.4, -0.2) is 54.5 Å². The molecule has 2 atom stereocenters. The number of carbonyl (C=O) groups is 3. The quantitative estimate of drug-likeness (QED) is 0.517. The summed E-state index contributed by atoms with van der Waals surface area (Å²) >= 11 is 0. The molecule has 1 fully saturated rings. The first-order chi connectivity index (χ1) is 10.3. The van der Waals surface area contributed by atoms with Gasteiger partial charge in [0.2, 0.25) is 11.8 Å².